The molecule has 2 aromatic carbocycles. The van der Waals surface area contributed by atoms with E-state index in [-0.39, 0.29) is 24.7 Å². The summed E-state index contributed by atoms with van der Waals surface area (Å²) in [7, 11) is 0. The minimum absolute atomic E-state index is 0.0830. The molecule has 1 saturated heterocycles. The molecule has 0 aliphatic carbocycles. The number of hydrogen-bond donors (Lipinski definition) is 1. The third-order valence-electron chi connectivity index (χ3n) is 4.77. The van der Waals surface area contributed by atoms with E-state index in [2.05, 4.69) is 5.32 Å². The van der Waals surface area contributed by atoms with Crippen molar-refractivity contribution in [2.24, 2.45) is 0 Å². The Labute approximate surface area is 176 Å². The summed E-state index contributed by atoms with van der Waals surface area (Å²) in [6, 6.07) is 10.1. The number of rotatable bonds is 6. The molecule has 6 nitrogen and oxygen atoms in total. The van der Waals surface area contributed by atoms with Gasteiger partial charge in [0.25, 0.3) is 5.91 Å². The van der Waals surface area contributed by atoms with E-state index < -0.39 is 23.5 Å². The lowest BCUT2D eigenvalue weighted by Crippen LogP contribution is -2.51. The number of para-hydroxylation sites is 1. The van der Waals surface area contributed by atoms with Crippen molar-refractivity contribution in [3.05, 3.63) is 59.9 Å². The Morgan fingerprint density at radius 1 is 0.968 bits per heavy atom. The van der Waals surface area contributed by atoms with E-state index in [4.69, 9.17) is 4.74 Å². The van der Waals surface area contributed by atoms with Crippen LogP contribution in [0.1, 0.15) is 5.56 Å². The highest BCUT2D eigenvalue weighted by atomic mass is 19.4. The molecule has 0 aromatic heterocycles. The normalized spacial score (nSPS) is 14.9. The molecule has 3 rings (SSSR count). The van der Waals surface area contributed by atoms with Crippen molar-refractivity contribution in [3.8, 4) is 5.75 Å². The Morgan fingerprint density at radius 3 is 2.26 bits per heavy atom. The predicted molar refractivity (Wildman–Crippen MR) is 105 cm³/mol. The Kier molecular flexibility index (Phi) is 7.11. The summed E-state index contributed by atoms with van der Waals surface area (Å²) in [6.07, 6.45) is -4.56. The van der Waals surface area contributed by atoms with Crippen LogP contribution < -0.4 is 10.1 Å². The summed E-state index contributed by atoms with van der Waals surface area (Å²) < 4.78 is 57.3. The number of hydrogen-bond acceptors (Lipinski definition) is 4. The number of carbonyl (C=O) groups excluding carboxylic acids is 2. The smallest absolute Gasteiger partial charge is 0.418 e. The maximum atomic E-state index is 13.0. The van der Waals surface area contributed by atoms with Gasteiger partial charge in [0.05, 0.1) is 17.8 Å². The van der Waals surface area contributed by atoms with Crippen LogP contribution in [-0.4, -0.2) is 60.9 Å². The molecule has 10 heteroatoms. The Balaban J connectivity index is 1.44. The number of nitrogens with zero attached hydrogens (tertiary/aromatic N) is 2. The lowest BCUT2D eigenvalue weighted by molar-refractivity contribution is -0.137. The average Bonchev–Trinajstić information content (AvgIpc) is 2.73. The van der Waals surface area contributed by atoms with Crippen molar-refractivity contribution in [3.63, 3.8) is 0 Å². The van der Waals surface area contributed by atoms with Crippen molar-refractivity contribution in [2.75, 3.05) is 44.6 Å². The van der Waals surface area contributed by atoms with Gasteiger partial charge in [0.15, 0.2) is 6.61 Å². The van der Waals surface area contributed by atoms with Gasteiger partial charge in [-0.3, -0.25) is 14.5 Å². The standard InChI is InChI=1S/C21H21F4N3O3/c22-15-5-7-16(8-6-15)31-14-20(30)28-11-9-27(10-12-28)13-19(29)26-18-4-2-1-3-17(18)21(23,24)25/h1-8H,9-14H2,(H,26,29). The summed E-state index contributed by atoms with van der Waals surface area (Å²) in [5.41, 5.74) is -1.19. The van der Waals surface area contributed by atoms with Crippen LogP contribution in [0, 0.1) is 5.82 Å². The fourth-order valence-electron chi connectivity index (χ4n) is 3.15. The predicted octanol–water partition coefficient (Wildman–Crippen LogP) is 3.01. The molecule has 1 heterocycles. The molecule has 2 amide bonds. The topological polar surface area (TPSA) is 61.9 Å². The number of amides is 2. The van der Waals surface area contributed by atoms with Crippen LogP contribution in [0.5, 0.6) is 5.75 Å². The summed E-state index contributed by atoms with van der Waals surface area (Å²) in [6.45, 7) is 1.24. The van der Waals surface area contributed by atoms with Crippen LogP contribution in [0.25, 0.3) is 0 Å². The lowest BCUT2D eigenvalue weighted by Gasteiger charge is -2.34. The second-order valence-electron chi connectivity index (χ2n) is 6.99. The minimum Gasteiger partial charge on any atom is -0.484 e. The highest BCUT2D eigenvalue weighted by Crippen LogP contribution is 2.34. The summed E-state index contributed by atoms with van der Waals surface area (Å²) in [5.74, 6) is -0.825. The van der Waals surface area contributed by atoms with Crippen molar-refractivity contribution < 1.29 is 31.9 Å². The number of nitrogens with one attached hydrogen (secondary N) is 1. The van der Waals surface area contributed by atoms with Gasteiger partial charge in [-0.15, -0.1) is 0 Å². The average molecular weight is 439 g/mol. The fourth-order valence-corrected chi connectivity index (χ4v) is 3.15. The molecule has 0 spiro atoms. The van der Waals surface area contributed by atoms with Crippen molar-refractivity contribution in [1.82, 2.24) is 9.80 Å². The molecule has 1 aliphatic rings. The molecule has 1 fully saturated rings. The maximum Gasteiger partial charge on any atom is 0.418 e. The van der Waals surface area contributed by atoms with E-state index in [0.29, 0.717) is 31.9 Å². The van der Waals surface area contributed by atoms with Gasteiger partial charge >= 0.3 is 6.18 Å². The molecule has 0 saturated carbocycles. The number of ether oxygens (including phenoxy) is 1. The summed E-state index contributed by atoms with van der Waals surface area (Å²) in [5, 5.41) is 2.31. The van der Waals surface area contributed by atoms with Crippen LogP contribution in [0.2, 0.25) is 0 Å². The van der Waals surface area contributed by atoms with E-state index in [0.717, 1.165) is 6.07 Å². The van der Waals surface area contributed by atoms with E-state index in [1.165, 1.54) is 42.5 Å². The molecule has 1 aliphatic heterocycles. The van der Waals surface area contributed by atoms with Crippen molar-refractivity contribution in [2.45, 2.75) is 6.18 Å². The van der Waals surface area contributed by atoms with Gasteiger partial charge in [0.2, 0.25) is 5.91 Å². The highest BCUT2D eigenvalue weighted by Gasteiger charge is 2.33. The largest absolute Gasteiger partial charge is 0.484 e. The number of benzene rings is 2. The minimum atomic E-state index is -4.56. The number of alkyl halides is 3. The van der Waals surface area contributed by atoms with E-state index in [1.807, 2.05) is 0 Å². The number of halogens is 4. The maximum absolute atomic E-state index is 13.0. The van der Waals surface area contributed by atoms with Crippen LogP contribution >= 0.6 is 0 Å². The van der Waals surface area contributed by atoms with Gasteiger partial charge in [-0.05, 0) is 36.4 Å². The highest BCUT2D eigenvalue weighted by molar-refractivity contribution is 5.93. The monoisotopic (exact) mass is 439 g/mol. The molecule has 31 heavy (non-hydrogen) atoms. The fraction of sp³-hybridized carbons (Fsp3) is 0.333. The number of piperazine rings is 1. The van der Waals surface area contributed by atoms with E-state index >= 15 is 0 Å². The summed E-state index contributed by atoms with van der Waals surface area (Å²) in [4.78, 5) is 27.8. The van der Waals surface area contributed by atoms with Crippen LogP contribution in [0.15, 0.2) is 48.5 Å². The Bertz CT molecular complexity index is 911. The van der Waals surface area contributed by atoms with E-state index in [9.17, 15) is 27.2 Å². The van der Waals surface area contributed by atoms with Crippen LogP contribution in [-0.2, 0) is 15.8 Å². The number of anilines is 1. The van der Waals surface area contributed by atoms with Gasteiger partial charge in [-0.2, -0.15) is 13.2 Å². The molecule has 0 atom stereocenters. The number of carbonyl (C=O) groups is 2. The Hall–Kier alpha value is -3.14. The van der Waals surface area contributed by atoms with Gasteiger partial charge in [-0.1, -0.05) is 12.1 Å². The zero-order valence-corrected chi connectivity index (χ0v) is 16.5. The molecule has 0 bridgehead atoms. The SMILES string of the molecule is O=C(CN1CCN(C(=O)COc2ccc(F)cc2)CC1)Nc1ccccc1C(F)(F)F. The molecular formula is C21H21F4N3O3. The first-order valence-electron chi connectivity index (χ1n) is 9.57. The summed E-state index contributed by atoms with van der Waals surface area (Å²) >= 11 is 0. The Morgan fingerprint density at radius 2 is 1.61 bits per heavy atom. The molecule has 1 N–H and O–H groups in total. The quantitative estimate of drug-likeness (QED) is 0.703. The van der Waals surface area contributed by atoms with Gasteiger partial charge < -0.3 is 15.0 Å². The molecule has 0 radical (unpaired) electrons. The molecule has 0 unspecified atom stereocenters. The lowest BCUT2D eigenvalue weighted by atomic mass is 10.1. The molecule has 166 valence electrons. The third-order valence-corrected chi connectivity index (χ3v) is 4.77. The second-order valence-corrected chi connectivity index (χ2v) is 6.99. The second kappa shape index (κ2) is 9.78. The van der Waals surface area contributed by atoms with Crippen molar-refractivity contribution >= 4 is 17.5 Å². The first kappa shape index (κ1) is 22.5. The van der Waals surface area contributed by atoms with E-state index in [1.54, 1.807) is 9.80 Å². The third kappa shape index (κ3) is 6.42. The van der Waals surface area contributed by atoms with Gasteiger partial charge in [0, 0.05) is 26.2 Å². The van der Waals surface area contributed by atoms with Crippen LogP contribution in [0.3, 0.4) is 0 Å². The van der Waals surface area contributed by atoms with Crippen LogP contribution in [0.4, 0.5) is 23.2 Å². The molecular weight excluding hydrogens is 418 g/mol. The zero-order valence-electron chi connectivity index (χ0n) is 16.5. The molecule has 2 aromatic rings. The zero-order chi connectivity index (χ0) is 22.4. The van der Waals surface area contributed by atoms with Gasteiger partial charge in [0.1, 0.15) is 11.6 Å². The first-order chi connectivity index (χ1) is 14.7. The van der Waals surface area contributed by atoms with Crippen molar-refractivity contribution in [1.29, 1.82) is 0 Å². The van der Waals surface area contributed by atoms with Gasteiger partial charge in [-0.25, -0.2) is 4.39 Å². The first-order valence-corrected chi connectivity index (χ1v) is 9.57.